The lowest BCUT2D eigenvalue weighted by atomic mass is 10.2. The molecule has 0 aromatic carbocycles. The van der Waals surface area contributed by atoms with E-state index in [1.807, 2.05) is 39.8 Å². The highest BCUT2D eigenvalue weighted by atomic mass is 32.1. The van der Waals surface area contributed by atoms with E-state index in [1.165, 1.54) is 0 Å². The van der Waals surface area contributed by atoms with Gasteiger partial charge in [0, 0.05) is 27.2 Å². The molecule has 122 valence electrons. The van der Waals surface area contributed by atoms with Crippen LogP contribution >= 0.6 is 12.2 Å². The summed E-state index contributed by atoms with van der Waals surface area (Å²) in [6, 6.07) is 0. The number of nitrogens with one attached hydrogen (secondary N) is 2. The van der Waals surface area contributed by atoms with Crippen molar-refractivity contribution in [2.45, 2.75) is 45.6 Å². The SMILES string of the molecule is CN(C)/C=N/C(=S)NCCCCCNC(=O)OC(C)(C)C. The number of alkyl carbamates (subject to hydrolysis) is 1. The third-order valence-corrected chi connectivity index (χ3v) is 2.45. The summed E-state index contributed by atoms with van der Waals surface area (Å²) in [6.07, 6.45) is 4.20. The van der Waals surface area contributed by atoms with E-state index in [2.05, 4.69) is 15.6 Å². The lowest BCUT2D eigenvalue weighted by Gasteiger charge is -2.19. The van der Waals surface area contributed by atoms with Crippen molar-refractivity contribution in [3.8, 4) is 0 Å². The topological polar surface area (TPSA) is 66.0 Å². The molecule has 0 saturated heterocycles. The maximum absolute atomic E-state index is 11.4. The number of amides is 1. The summed E-state index contributed by atoms with van der Waals surface area (Å²) in [5.41, 5.74) is -0.448. The van der Waals surface area contributed by atoms with Crippen LogP contribution in [0.2, 0.25) is 0 Å². The molecule has 0 radical (unpaired) electrons. The van der Waals surface area contributed by atoms with Gasteiger partial charge in [-0.15, -0.1) is 0 Å². The Kier molecular flexibility index (Phi) is 9.69. The summed E-state index contributed by atoms with van der Waals surface area (Å²) in [5, 5.41) is 6.29. The minimum atomic E-state index is -0.448. The van der Waals surface area contributed by atoms with E-state index in [1.54, 1.807) is 6.34 Å². The molecule has 0 aromatic rings. The van der Waals surface area contributed by atoms with E-state index < -0.39 is 5.60 Å². The van der Waals surface area contributed by atoms with Crippen molar-refractivity contribution in [2.24, 2.45) is 4.99 Å². The van der Waals surface area contributed by atoms with Gasteiger partial charge in [-0.1, -0.05) is 0 Å². The lowest BCUT2D eigenvalue weighted by Crippen LogP contribution is -2.33. The van der Waals surface area contributed by atoms with E-state index >= 15 is 0 Å². The number of hydrogen-bond acceptors (Lipinski definition) is 3. The first kappa shape index (κ1) is 19.6. The quantitative estimate of drug-likeness (QED) is 0.326. The first-order valence-corrected chi connectivity index (χ1v) is 7.57. The monoisotopic (exact) mass is 316 g/mol. The molecule has 6 nitrogen and oxygen atoms in total. The molecule has 7 heteroatoms. The fraction of sp³-hybridized carbons (Fsp3) is 0.786. The van der Waals surface area contributed by atoms with E-state index in [0.29, 0.717) is 11.7 Å². The Labute approximate surface area is 133 Å². The highest BCUT2D eigenvalue weighted by Crippen LogP contribution is 2.06. The molecule has 2 N–H and O–H groups in total. The van der Waals surface area contributed by atoms with Crippen LogP contribution in [0.1, 0.15) is 40.0 Å². The van der Waals surface area contributed by atoms with Crippen molar-refractivity contribution in [3.63, 3.8) is 0 Å². The van der Waals surface area contributed by atoms with Gasteiger partial charge >= 0.3 is 6.09 Å². The Morgan fingerprint density at radius 1 is 1.19 bits per heavy atom. The van der Waals surface area contributed by atoms with Gasteiger partial charge in [0.05, 0.1) is 6.34 Å². The van der Waals surface area contributed by atoms with E-state index in [9.17, 15) is 4.79 Å². The molecule has 0 atom stereocenters. The number of unbranched alkanes of at least 4 members (excludes halogenated alkanes) is 2. The van der Waals surface area contributed by atoms with Gasteiger partial charge in [-0.2, -0.15) is 0 Å². The van der Waals surface area contributed by atoms with Crippen molar-refractivity contribution in [2.75, 3.05) is 27.2 Å². The summed E-state index contributed by atoms with van der Waals surface area (Å²) in [4.78, 5) is 17.3. The fourth-order valence-electron chi connectivity index (χ4n) is 1.34. The number of ether oxygens (including phenoxy) is 1. The van der Waals surface area contributed by atoms with Gasteiger partial charge in [-0.3, -0.25) is 0 Å². The Morgan fingerprint density at radius 3 is 2.29 bits per heavy atom. The first-order valence-electron chi connectivity index (χ1n) is 7.16. The molecule has 0 heterocycles. The maximum Gasteiger partial charge on any atom is 0.407 e. The molecule has 0 saturated carbocycles. The fourth-order valence-corrected chi connectivity index (χ4v) is 1.49. The van der Waals surface area contributed by atoms with Gasteiger partial charge in [-0.05, 0) is 52.3 Å². The predicted molar refractivity (Wildman–Crippen MR) is 90.9 cm³/mol. The molecular weight excluding hydrogens is 288 g/mol. The molecule has 0 unspecified atom stereocenters. The highest BCUT2D eigenvalue weighted by Gasteiger charge is 2.15. The Bertz CT molecular complexity index is 351. The van der Waals surface area contributed by atoms with Crippen LogP contribution in [0, 0.1) is 0 Å². The van der Waals surface area contributed by atoms with Crippen molar-refractivity contribution in [1.82, 2.24) is 15.5 Å². The molecule has 21 heavy (non-hydrogen) atoms. The number of thiocarbonyl (C=S) groups is 1. The summed E-state index contributed by atoms with van der Waals surface area (Å²) < 4.78 is 5.14. The maximum atomic E-state index is 11.4. The molecule has 0 bridgehead atoms. The molecule has 0 fully saturated rings. The van der Waals surface area contributed by atoms with Crippen LogP contribution in [-0.2, 0) is 4.74 Å². The Balaban J connectivity index is 3.49. The smallest absolute Gasteiger partial charge is 0.407 e. The minimum Gasteiger partial charge on any atom is -0.444 e. The zero-order chi connectivity index (χ0) is 16.3. The van der Waals surface area contributed by atoms with Crippen LogP contribution in [0.3, 0.4) is 0 Å². The second-order valence-electron chi connectivity index (χ2n) is 5.93. The van der Waals surface area contributed by atoms with Crippen molar-refractivity contribution in [3.05, 3.63) is 0 Å². The van der Waals surface area contributed by atoms with E-state index in [4.69, 9.17) is 17.0 Å². The van der Waals surface area contributed by atoms with Crippen molar-refractivity contribution >= 4 is 29.8 Å². The molecule has 0 aliphatic heterocycles. The molecule has 0 spiro atoms. The van der Waals surface area contributed by atoms with Crippen LogP contribution in [0.25, 0.3) is 0 Å². The van der Waals surface area contributed by atoms with Crippen molar-refractivity contribution < 1.29 is 9.53 Å². The number of aliphatic imine (C=N–C) groups is 1. The third kappa shape index (κ3) is 14.8. The van der Waals surface area contributed by atoms with Crippen LogP contribution in [-0.4, -0.2) is 55.2 Å². The average molecular weight is 316 g/mol. The van der Waals surface area contributed by atoms with Crippen molar-refractivity contribution in [1.29, 1.82) is 0 Å². The molecular formula is C14H28N4O2S. The van der Waals surface area contributed by atoms with Gasteiger partial charge < -0.3 is 20.3 Å². The van der Waals surface area contributed by atoms with Crippen LogP contribution in [0.15, 0.2) is 4.99 Å². The summed E-state index contributed by atoms with van der Waals surface area (Å²) in [6.45, 7) is 6.95. The second kappa shape index (κ2) is 10.4. The average Bonchev–Trinajstić information content (AvgIpc) is 2.33. The number of carbonyl (C=O) groups is 1. The van der Waals surface area contributed by atoms with Gasteiger partial charge in [-0.25, -0.2) is 9.79 Å². The van der Waals surface area contributed by atoms with Gasteiger partial charge in [0.1, 0.15) is 5.60 Å². The molecule has 0 rings (SSSR count). The van der Waals surface area contributed by atoms with Crippen LogP contribution in [0.4, 0.5) is 4.79 Å². The minimum absolute atomic E-state index is 0.361. The number of rotatable bonds is 7. The van der Waals surface area contributed by atoms with Crippen LogP contribution in [0.5, 0.6) is 0 Å². The molecule has 1 amide bonds. The van der Waals surface area contributed by atoms with E-state index in [-0.39, 0.29) is 6.09 Å². The summed E-state index contributed by atoms with van der Waals surface area (Å²) in [7, 11) is 3.79. The van der Waals surface area contributed by atoms with Crippen LogP contribution < -0.4 is 10.6 Å². The molecule has 0 aliphatic rings. The van der Waals surface area contributed by atoms with E-state index in [0.717, 1.165) is 25.8 Å². The zero-order valence-electron chi connectivity index (χ0n) is 13.7. The Hall–Kier alpha value is -1.37. The predicted octanol–water partition coefficient (Wildman–Crippen LogP) is 2.15. The number of nitrogens with zero attached hydrogens (tertiary/aromatic N) is 2. The summed E-state index contributed by atoms with van der Waals surface area (Å²) in [5.74, 6) is 0. The van der Waals surface area contributed by atoms with Gasteiger partial charge in [0.2, 0.25) is 0 Å². The lowest BCUT2D eigenvalue weighted by molar-refractivity contribution is 0.0527. The third-order valence-electron chi connectivity index (χ3n) is 2.20. The largest absolute Gasteiger partial charge is 0.444 e. The van der Waals surface area contributed by atoms with Gasteiger partial charge in [0.15, 0.2) is 5.11 Å². The normalized spacial score (nSPS) is 11.3. The Morgan fingerprint density at radius 2 is 1.76 bits per heavy atom. The standard InChI is InChI=1S/C14H28N4O2S/c1-14(2,3)20-13(19)16-10-8-6-7-9-15-12(21)17-11-18(4)5/h11H,6-10H2,1-5H3,(H,15,21)(H,16,19)/b17-11+. The zero-order valence-corrected chi connectivity index (χ0v) is 14.5. The van der Waals surface area contributed by atoms with Gasteiger partial charge in [0.25, 0.3) is 0 Å². The molecule has 0 aromatic heterocycles. The number of carbonyl (C=O) groups excluding carboxylic acids is 1. The molecule has 0 aliphatic carbocycles. The number of hydrogen-bond donors (Lipinski definition) is 2. The summed E-state index contributed by atoms with van der Waals surface area (Å²) >= 11 is 5.05. The highest BCUT2D eigenvalue weighted by molar-refractivity contribution is 7.80. The first-order chi connectivity index (χ1) is 9.70. The second-order valence-corrected chi connectivity index (χ2v) is 6.32.